The van der Waals surface area contributed by atoms with Crippen LogP contribution in [0, 0.1) is 0 Å². The lowest BCUT2D eigenvalue weighted by Crippen LogP contribution is -2.46. The number of urea groups is 1. The molecule has 0 fully saturated rings. The Hall–Kier alpha value is -2.58. The van der Waals surface area contributed by atoms with Crippen molar-refractivity contribution in [2.24, 2.45) is 7.05 Å². The highest BCUT2D eigenvalue weighted by molar-refractivity contribution is 5.82. The van der Waals surface area contributed by atoms with Gasteiger partial charge < -0.3 is 20.8 Å². The number of carbonyl (C=O) groups is 3. The molecule has 1 aromatic heterocycles. The lowest BCUT2D eigenvalue weighted by molar-refractivity contribution is -0.140. The van der Waals surface area contributed by atoms with E-state index in [2.05, 4.69) is 15.7 Å². The molecule has 0 saturated carbocycles. The van der Waals surface area contributed by atoms with Crippen LogP contribution in [0.5, 0.6) is 0 Å². The number of carboxylic acid groups (broad SMARTS) is 2. The summed E-state index contributed by atoms with van der Waals surface area (Å²) < 4.78 is 1.64. The van der Waals surface area contributed by atoms with Crippen LogP contribution in [0.4, 0.5) is 4.79 Å². The van der Waals surface area contributed by atoms with Gasteiger partial charge in [-0.3, -0.25) is 9.48 Å². The van der Waals surface area contributed by atoms with Gasteiger partial charge in [0.1, 0.15) is 6.04 Å². The minimum atomic E-state index is -1.27. The van der Waals surface area contributed by atoms with Gasteiger partial charge in [-0.15, -0.1) is 0 Å². The number of amides is 2. The van der Waals surface area contributed by atoms with Gasteiger partial charge in [0, 0.05) is 32.6 Å². The molecular formula is C12H18N4O5. The second-order valence-electron chi connectivity index (χ2n) is 4.45. The second kappa shape index (κ2) is 7.88. The Labute approximate surface area is 120 Å². The Bertz CT molecular complexity index is 514. The highest BCUT2D eigenvalue weighted by Gasteiger charge is 2.20. The molecule has 0 bridgehead atoms. The largest absolute Gasteiger partial charge is 0.481 e. The van der Waals surface area contributed by atoms with Gasteiger partial charge in [0.15, 0.2) is 0 Å². The molecule has 0 aliphatic carbocycles. The zero-order chi connectivity index (χ0) is 15.8. The molecule has 1 atom stereocenters. The minimum Gasteiger partial charge on any atom is -0.481 e. The van der Waals surface area contributed by atoms with Crippen LogP contribution in [-0.4, -0.2) is 50.5 Å². The quantitative estimate of drug-likeness (QED) is 0.515. The maximum atomic E-state index is 11.5. The molecule has 9 heteroatoms. The van der Waals surface area contributed by atoms with Crippen molar-refractivity contribution in [3.8, 4) is 0 Å². The summed E-state index contributed by atoms with van der Waals surface area (Å²) in [4.78, 5) is 32.8. The fourth-order valence-corrected chi connectivity index (χ4v) is 1.64. The Kier molecular flexibility index (Phi) is 6.18. The Morgan fingerprint density at radius 1 is 1.38 bits per heavy atom. The van der Waals surface area contributed by atoms with E-state index in [-0.39, 0.29) is 12.8 Å². The highest BCUT2D eigenvalue weighted by Crippen LogP contribution is 1.98. The normalized spacial score (nSPS) is 11.7. The predicted octanol–water partition coefficient (Wildman–Crippen LogP) is -0.420. The first-order valence-electron chi connectivity index (χ1n) is 6.36. The summed E-state index contributed by atoms with van der Waals surface area (Å²) in [6.07, 6.45) is 1.80. The van der Waals surface area contributed by atoms with Crippen LogP contribution in [0.1, 0.15) is 18.5 Å². The highest BCUT2D eigenvalue weighted by atomic mass is 16.4. The number of aryl methyl sites for hydroxylation is 1. The molecule has 1 rings (SSSR count). The molecule has 21 heavy (non-hydrogen) atoms. The maximum Gasteiger partial charge on any atom is 0.326 e. The van der Waals surface area contributed by atoms with Crippen LogP contribution in [0.15, 0.2) is 12.3 Å². The van der Waals surface area contributed by atoms with E-state index in [9.17, 15) is 14.4 Å². The molecule has 0 aliphatic heterocycles. The average molecular weight is 298 g/mol. The molecule has 2 amide bonds. The molecule has 116 valence electrons. The third kappa shape index (κ3) is 6.41. The number of nitrogens with zero attached hydrogens (tertiary/aromatic N) is 2. The average Bonchev–Trinajstić information content (AvgIpc) is 2.79. The SMILES string of the molecule is Cn1ccc(CCNC(=O)NC(CCC(=O)O)C(=O)O)n1. The van der Waals surface area contributed by atoms with E-state index in [4.69, 9.17) is 10.2 Å². The van der Waals surface area contributed by atoms with Crippen LogP contribution in [0.2, 0.25) is 0 Å². The fourth-order valence-electron chi connectivity index (χ4n) is 1.64. The number of carboxylic acids is 2. The molecule has 0 radical (unpaired) electrons. The Morgan fingerprint density at radius 2 is 2.10 bits per heavy atom. The topological polar surface area (TPSA) is 134 Å². The molecule has 4 N–H and O–H groups in total. The van der Waals surface area contributed by atoms with Gasteiger partial charge >= 0.3 is 18.0 Å². The maximum absolute atomic E-state index is 11.5. The molecule has 0 aromatic carbocycles. The van der Waals surface area contributed by atoms with Crippen molar-refractivity contribution in [2.45, 2.75) is 25.3 Å². The van der Waals surface area contributed by atoms with E-state index in [0.717, 1.165) is 5.69 Å². The summed E-state index contributed by atoms with van der Waals surface area (Å²) in [7, 11) is 1.78. The first-order valence-corrected chi connectivity index (χ1v) is 6.36. The number of aliphatic carboxylic acids is 2. The van der Waals surface area contributed by atoms with Crippen LogP contribution in [0.25, 0.3) is 0 Å². The Morgan fingerprint density at radius 3 is 2.62 bits per heavy atom. The van der Waals surface area contributed by atoms with Crippen molar-refractivity contribution in [3.05, 3.63) is 18.0 Å². The molecule has 1 heterocycles. The third-order valence-corrected chi connectivity index (χ3v) is 2.69. The van der Waals surface area contributed by atoms with E-state index >= 15 is 0 Å². The van der Waals surface area contributed by atoms with Crippen LogP contribution in [-0.2, 0) is 23.1 Å². The fraction of sp³-hybridized carbons (Fsp3) is 0.500. The third-order valence-electron chi connectivity index (χ3n) is 2.69. The van der Waals surface area contributed by atoms with Crippen molar-refractivity contribution in [3.63, 3.8) is 0 Å². The summed E-state index contributed by atoms with van der Waals surface area (Å²) in [6.45, 7) is 0.300. The lowest BCUT2D eigenvalue weighted by Gasteiger charge is -2.14. The number of carbonyl (C=O) groups excluding carboxylic acids is 1. The smallest absolute Gasteiger partial charge is 0.326 e. The van der Waals surface area contributed by atoms with E-state index in [1.165, 1.54) is 0 Å². The number of hydrogen-bond acceptors (Lipinski definition) is 4. The number of nitrogens with one attached hydrogen (secondary N) is 2. The number of hydrogen-bond donors (Lipinski definition) is 4. The molecule has 1 unspecified atom stereocenters. The minimum absolute atomic E-state index is 0.168. The van der Waals surface area contributed by atoms with Gasteiger partial charge in [-0.1, -0.05) is 0 Å². The van der Waals surface area contributed by atoms with Gasteiger partial charge in [-0.05, 0) is 12.5 Å². The molecule has 9 nitrogen and oxygen atoms in total. The van der Waals surface area contributed by atoms with E-state index in [1.54, 1.807) is 17.9 Å². The van der Waals surface area contributed by atoms with Gasteiger partial charge in [0.25, 0.3) is 0 Å². The standard InChI is InChI=1S/C12H18N4O5/c1-16-7-5-8(15-16)4-6-13-12(21)14-9(11(19)20)2-3-10(17)18/h5,7,9H,2-4,6H2,1H3,(H,17,18)(H,19,20)(H2,13,14,21). The van der Waals surface area contributed by atoms with E-state index in [1.807, 2.05) is 6.07 Å². The van der Waals surface area contributed by atoms with Crippen molar-refractivity contribution in [2.75, 3.05) is 6.54 Å². The summed E-state index contributed by atoms with van der Waals surface area (Å²) in [5, 5.41) is 26.3. The van der Waals surface area contributed by atoms with Crippen molar-refractivity contribution >= 4 is 18.0 Å². The van der Waals surface area contributed by atoms with Crippen molar-refractivity contribution in [1.82, 2.24) is 20.4 Å². The molecular weight excluding hydrogens is 280 g/mol. The first kappa shape index (κ1) is 16.5. The van der Waals surface area contributed by atoms with Crippen LogP contribution < -0.4 is 10.6 Å². The van der Waals surface area contributed by atoms with E-state index in [0.29, 0.717) is 13.0 Å². The summed E-state index contributed by atoms with van der Waals surface area (Å²) >= 11 is 0. The second-order valence-corrected chi connectivity index (χ2v) is 4.45. The van der Waals surface area contributed by atoms with Crippen molar-refractivity contribution in [1.29, 1.82) is 0 Å². The van der Waals surface area contributed by atoms with Gasteiger partial charge in [-0.2, -0.15) is 5.10 Å². The number of aromatic nitrogens is 2. The van der Waals surface area contributed by atoms with Crippen LogP contribution >= 0.6 is 0 Å². The number of rotatable bonds is 8. The molecule has 0 aliphatic rings. The Balaban J connectivity index is 2.32. The molecule has 1 aromatic rings. The van der Waals surface area contributed by atoms with Gasteiger partial charge in [-0.25, -0.2) is 9.59 Å². The zero-order valence-electron chi connectivity index (χ0n) is 11.6. The lowest BCUT2D eigenvalue weighted by atomic mass is 10.1. The predicted molar refractivity (Wildman–Crippen MR) is 71.7 cm³/mol. The summed E-state index contributed by atoms with van der Waals surface area (Å²) in [5.41, 5.74) is 0.804. The monoisotopic (exact) mass is 298 g/mol. The van der Waals surface area contributed by atoms with Crippen molar-refractivity contribution < 1.29 is 24.6 Å². The molecule has 0 spiro atoms. The first-order chi connectivity index (χ1) is 9.88. The zero-order valence-corrected chi connectivity index (χ0v) is 11.6. The van der Waals surface area contributed by atoms with Gasteiger partial charge in [0.05, 0.1) is 5.69 Å². The van der Waals surface area contributed by atoms with Gasteiger partial charge in [0.2, 0.25) is 0 Å². The van der Waals surface area contributed by atoms with E-state index < -0.39 is 24.0 Å². The van der Waals surface area contributed by atoms with Crippen LogP contribution in [0.3, 0.4) is 0 Å². The summed E-state index contributed by atoms with van der Waals surface area (Å²) in [5.74, 6) is -2.38. The molecule has 0 saturated heterocycles. The summed E-state index contributed by atoms with van der Waals surface area (Å²) in [6, 6.07) is -0.0633.